The minimum Gasteiger partial charge on any atom is -0.480 e. The van der Waals surface area contributed by atoms with Crippen LogP contribution in [0.3, 0.4) is 0 Å². The number of carbonyl (C=O) groups excluding carboxylic acids is 2. The zero-order valence-corrected chi connectivity index (χ0v) is 12.6. The number of non-ortho nitro benzene ring substituents is 1. The van der Waals surface area contributed by atoms with Crippen LogP contribution < -0.4 is 10.1 Å². The van der Waals surface area contributed by atoms with E-state index in [2.05, 4.69) is 5.32 Å². The van der Waals surface area contributed by atoms with Gasteiger partial charge in [0.2, 0.25) is 0 Å². The van der Waals surface area contributed by atoms with Gasteiger partial charge in [0.1, 0.15) is 11.6 Å². The second-order valence-corrected chi connectivity index (χ2v) is 4.85. The van der Waals surface area contributed by atoms with Gasteiger partial charge in [-0.25, -0.2) is 4.39 Å². The Hall–Kier alpha value is -3.29. The van der Waals surface area contributed by atoms with Crippen LogP contribution in [0.1, 0.15) is 17.3 Å². The Balaban J connectivity index is 2.09. The number of amides is 1. The Morgan fingerprint density at radius 3 is 2.54 bits per heavy atom. The molecule has 24 heavy (non-hydrogen) atoms. The summed E-state index contributed by atoms with van der Waals surface area (Å²) in [6.07, 6.45) is -0.567. The van der Waals surface area contributed by atoms with Gasteiger partial charge in [0, 0.05) is 17.8 Å². The van der Waals surface area contributed by atoms with Crippen molar-refractivity contribution < 1.29 is 23.6 Å². The van der Waals surface area contributed by atoms with Gasteiger partial charge in [-0.3, -0.25) is 19.7 Å². The van der Waals surface area contributed by atoms with Crippen LogP contribution in [0, 0.1) is 15.9 Å². The van der Waals surface area contributed by atoms with Gasteiger partial charge in [-0.1, -0.05) is 0 Å². The fourth-order valence-electron chi connectivity index (χ4n) is 1.87. The lowest BCUT2D eigenvalue weighted by Crippen LogP contribution is -2.30. The summed E-state index contributed by atoms with van der Waals surface area (Å²) in [6.45, 7) is 1.45. The van der Waals surface area contributed by atoms with Crippen LogP contribution >= 0.6 is 0 Å². The summed E-state index contributed by atoms with van der Waals surface area (Å²) in [7, 11) is 0. The predicted molar refractivity (Wildman–Crippen MR) is 83.6 cm³/mol. The molecule has 7 nitrogen and oxygen atoms in total. The maximum Gasteiger partial charge on any atom is 0.270 e. The number of nitrogens with zero attached hydrogens (tertiary/aromatic N) is 1. The number of carbonyl (C=O) groups is 2. The highest BCUT2D eigenvalue weighted by molar-refractivity contribution is 5.94. The Labute approximate surface area is 136 Å². The van der Waals surface area contributed by atoms with E-state index in [1.54, 1.807) is 0 Å². The molecule has 0 saturated heterocycles. The van der Waals surface area contributed by atoms with Crippen LogP contribution in [0.25, 0.3) is 0 Å². The second-order valence-electron chi connectivity index (χ2n) is 4.85. The van der Waals surface area contributed by atoms with Crippen LogP contribution in [-0.2, 0) is 4.79 Å². The average molecular weight is 332 g/mol. The van der Waals surface area contributed by atoms with E-state index in [9.17, 15) is 24.1 Å². The summed E-state index contributed by atoms with van der Waals surface area (Å²) >= 11 is 0. The number of nitrogens with one attached hydrogen (secondary N) is 1. The molecule has 0 aliphatic rings. The third-order valence-electron chi connectivity index (χ3n) is 3.12. The first kappa shape index (κ1) is 17.1. The lowest BCUT2D eigenvalue weighted by molar-refractivity contribution is -0.384. The van der Waals surface area contributed by atoms with Crippen molar-refractivity contribution in [2.24, 2.45) is 0 Å². The van der Waals surface area contributed by atoms with Crippen molar-refractivity contribution in [3.63, 3.8) is 0 Å². The van der Waals surface area contributed by atoms with Crippen molar-refractivity contribution in [2.75, 3.05) is 5.32 Å². The zero-order valence-electron chi connectivity index (χ0n) is 12.6. The SMILES string of the molecule is C[C@@H](Oc1ccc([N+](=O)[O-])cc1C=O)C(=O)Nc1ccc(F)cc1. The fraction of sp³-hybridized carbons (Fsp3) is 0.125. The standard InChI is InChI=1S/C16H13FN2O5/c1-10(16(21)18-13-4-2-12(17)3-5-13)24-15-7-6-14(19(22)23)8-11(15)9-20/h2-10H,1H3,(H,18,21)/t10-/m1/s1. The fourth-order valence-corrected chi connectivity index (χ4v) is 1.87. The Kier molecular flexibility index (Phi) is 5.20. The molecule has 0 radical (unpaired) electrons. The van der Waals surface area contributed by atoms with Crippen LogP contribution in [0.2, 0.25) is 0 Å². The third kappa shape index (κ3) is 4.13. The predicted octanol–water partition coefficient (Wildman–Crippen LogP) is 2.95. The number of benzene rings is 2. The molecule has 0 fully saturated rings. The average Bonchev–Trinajstić information content (AvgIpc) is 2.56. The van der Waals surface area contributed by atoms with E-state index < -0.39 is 22.8 Å². The van der Waals surface area contributed by atoms with Gasteiger partial charge in [0.05, 0.1) is 10.5 Å². The van der Waals surface area contributed by atoms with Crippen molar-refractivity contribution in [3.8, 4) is 5.75 Å². The van der Waals surface area contributed by atoms with Crippen LogP contribution in [0.4, 0.5) is 15.8 Å². The number of nitro groups is 1. The van der Waals surface area contributed by atoms with Crippen molar-refractivity contribution in [2.45, 2.75) is 13.0 Å². The van der Waals surface area contributed by atoms with E-state index in [4.69, 9.17) is 4.74 Å². The zero-order chi connectivity index (χ0) is 17.7. The smallest absolute Gasteiger partial charge is 0.270 e. The number of halogens is 1. The molecule has 0 aromatic heterocycles. The molecule has 8 heteroatoms. The minimum absolute atomic E-state index is 0.0365. The first-order chi connectivity index (χ1) is 11.4. The van der Waals surface area contributed by atoms with Crippen molar-refractivity contribution in [3.05, 3.63) is 64.0 Å². The molecule has 2 aromatic rings. The molecule has 0 spiro atoms. The highest BCUT2D eigenvalue weighted by Crippen LogP contribution is 2.24. The van der Waals surface area contributed by atoms with Crippen LogP contribution in [-0.4, -0.2) is 23.2 Å². The number of aldehydes is 1. The number of rotatable bonds is 6. The molecule has 0 aliphatic carbocycles. The first-order valence-corrected chi connectivity index (χ1v) is 6.87. The summed E-state index contributed by atoms with van der Waals surface area (Å²) in [5.74, 6) is -0.895. The van der Waals surface area contributed by atoms with Gasteiger partial charge < -0.3 is 10.1 Å². The number of ether oxygens (including phenoxy) is 1. The van der Waals surface area contributed by atoms with Crippen molar-refractivity contribution in [1.82, 2.24) is 0 Å². The van der Waals surface area contributed by atoms with Gasteiger partial charge in [0.15, 0.2) is 12.4 Å². The molecule has 2 aromatic carbocycles. The van der Waals surface area contributed by atoms with E-state index >= 15 is 0 Å². The molecule has 0 aliphatic heterocycles. The van der Waals surface area contributed by atoms with Gasteiger partial charge in [-0.05, 0) is 37.3 Å². The molecular formula is C16H13FN2O5. The monoisotopic (exact) mass is 332 g/mol. The van der Waals surface area contributed by atoms with Crippen LogP contribution in [0.15, 0.2) is 42.5 Å². The van der Waals surface area contributed by atoms with Gasteiger partial charge in [0.25, 0.3) is 11.6 Å². The number of anilines is 1. The van der Waals surface area contributed by atoms with E-state index in [0.29, 0.717) is 12.0 Å². The Bertz CT molecular complexity index is 777. The number of hydrogen-bond donors (Lipinski definition) is 1. The van der Waals surface area contributed by atoms with Gasteiger partial charge in [-0.15, -0.1) is 0 Å². The molecule has 0 saturated carbocycles. The Morgan fingerprint density at radius 2 is 1.96 bits per heavy atom. The highest BCUT2D eigenvalue weighted by atomic mass is 19.1. The quantitative estimate of drug-likeness (QED) is 0.498. The number of hydrogen-bond acceptors (Lipinski definition) is 5. The van der Waals surface area contributed by atoms with E-state index in [1.807, 2.05) is 0 Å². The highest BCUT2D eigenvalue weighted by Gasteiger charge is 2.18. The third-order valence-corrected chi connectivity index (χ3v) is 3.12. The summed E-state index contributed by atoms with van der Waals surface area (Å²) in [6, 6.07) is 8.67. The molecule has 0 bridgehead atoms. The maximum atomic E-state index is 12.8. The second kappa shape index (κ2) is 7.32. The molecule has 0 unspecified atom stereocenters. The van der Waals surface area contributed by atoms with Gasteiger partial charge in [-0.2, -0.15) is 0 Å². The lowest BCUT2D eigenvalue weighted by atomic mass is 10.2. The molecule has 0 heterocycles. The Morgan fingerprint density at radius 1 is 1.29 bits per heavy atom. The van der Waals surface area contributed by atoms with Crippen molar-refractivity contribution in [1.29, 1.82) is 0 Å². The minimum atomic E-state index is -0.977. The molecule has 1 N–H and O–H groups in total. The summed E-state index contributed by atoms with van der Waals surface area (Å²) in [5, 5.41) is 13.2. The molecule has 1 amide bonds. The van der Waals surface area contributed by atoms with E-state index in [0.717, 1.165) is 6.07 Å². The summed E-state index contributed by atoms with van der Waals surface area (Å²) in [4.78, 5) is 33.1. The van der Waals surface area contributed by atoms with Gasteiger partial charge >= 0.3 is 0 Å². The molecule has 1 atom stereocenters. The molecular weight excluding hydrogens is 319 g/mol. The largest absolute Gasteiger partial charge is 0.480 e. The summed E-state index contributed by atoms with van der Waals surface area (Å²) < 4.78 is 18.2. The maximum absolute atomic E-state index is 12.8. The van der Waals surface area contributed by atoms with E-state index in [-0.39, 0.29) is 17.0 Å². The first-order valence-electron chi connectivity index (χ1n) is 6.87. The normalized spacial score (nSPS) is 11.4. The molecule has 2 rings (SSSR count). The topological polar surface area (TPSA) is 98.5 Å². The summed E-state index contributed by atoms with van der Waals surface area (Å²) in [5.41, 5.74) is 0.0923. The van der Waals surface area contributed by atoms with Crippen LogP contribution in [0.5, 0.6) is 5.75 Å². The van der Waals surface area contributed by atoms with Crippen molar-refractivity contribution >= 4 is 23.6 Å². The number of nitro benzene ring substituents is 1. The van der Waals surface area contributed by atoms with E-state index in [1.165, 1.54) is 43.3 Å². The lowest BCUT2D eigenvalue weighted by Gasteiger charge is -2.15. The molecule has 124 valence electrons.